The maximum atomic E-state index is 6.20. The van der Waals surface area contributed by atoms with Crippen molar-refractivity contribution >= 4 is 23.2 Å². The van der Waals surface area contributed by atoms with Crippen molar-refractivity contribution in [1.29, 1.82) is 0 Å². The van der Waals surface area contributed by atoms with Gasteiger partial charge in [-0.15, -0.1) is 0 Å². The molecule has 0 amide bonds. The number of halogens is 2. The molecule has 1 fully saturated rings. The lowest BCUT2D eigenvalue weighted by molar-refractivity contribution is 0.0674. The van der Waals surface area contributed by atoms with E-state index in [2.05, 4.69) is 6.92 Å². The average Bonchev–Trinajstić information content (AvgIpc) is 2.66. The molecule has 2 unspecified atom stereocenters. The van der Waals surface area contributed by atoms with Crippen LogP contribution in [0.25, 0.3) is 0 Å². The van der Waals surface area contributed by atoms with Crippen molar-refractivity contribution in [3.63, 3.8) is 0 Å². The summed E-state index contributed by atoms with van der Waals surface area (Å²) in [5, 5.41) is 1.46. The normalized spacial score (nSPS) is 28.6. The van der Waals surface area contributed by atoms with Crippen molar-refractivity contribution in [1.82, 2.24) is 0 Å². The number of rotatable bonds is 3. The quantitative estimate of drug-likeness (QED) is 0.918. The monoisotopic (exact) mass is 273 g/mol. The highest BCUT2D eigenvalue weighted by Gasteiger charge is 2.40. The molecule has 1 saturated heterocycles. The van der Waals surface area contributed by atoms with Crippen molar-refractivity contribution in [3.05, 3.63) is 33.8 Å². The lowest BCUT2D eigenvalue weighted by atomic mass is 9.76. The summed E-state index contributed by atoms with van der Waals surface area (Å²) in [6, 6.07) is 5.56. The van der Waals surface area contributed by atoms with E-state index >= 15 is 0 Å². The number of hydrogen-bond acceptors (Lipinski definition) is 2. The molecule has 0 spiro atoms. The molecule has 1 heterocycles. The van der Waals surface area contributed by atoms with Gasteiger partial charge >= 0.3 is 0 Å². The Morgan fingerprint density at radius 2 is 2.24 bits per heavy atom. The SMILES string of the molecule is CC1OCCC1(CN)Cc1cc(Cl)ccc1Cl. The molecule has 0 aliphatic carbocycles. The average molecular weight is 274 g/mol. The van der Waals surface area contributed by atoms with E-state index in [4.69, 9.17) is 33.7 Å². The Kier molecular flexibility index (Phi) is 3.99. The largest absolute Gasteiger partial charge is 0.378 e. The Bertz CT molecular complexity index is 410. The van der Waals surface area contributed by atoms with E-state index in [1.54, 1.807) is 6.07 Å². The summed E-state index contributed by atoms with van der Waals surface area (Å²) in [5.41, 5.74) is 6.99. The van der Waals surface area contributed by atoms with Crippen molar-refractivity contribution in [2.45, 2.75) is 25.9 Å². The first-order valence-electron chi connectivity index (χ1n) is 5.83. The standard InChI is InChI=1S/C13H17Cl2NO/c1-9-13(8-16,4-5-17-9)7-10-6-11(14)2-3-12(10)15/h2-3,6,9H,4-5,7-8,16H2,1H3. The van der Waals surface area contributed by atoms with E-state index in [0.717, 1.165) is 30.0 Å². The summed E-state index contributed by atoms with van der Waals surface area (Å²) in [4.78, 5) is 0. The van der Waals surface area contributed by atoms with Crippen LogP contribution in [-0.2, 0) is 11.2 Å². The first-order chi connectivity index (χ1) is 8.07. The van der Waals surface area contributed by atoms with Crippen LogP contribution in [0, 0.1) is 5.41 Å². The van der Waals surface area contributed by atoms with Gasteiger partial charge in [-0.05, 0) is 43.5 Å². The van der Waals surface area contributed by atoms with Crippen LogP contribution in [0.5, 0.6) is 0 Å². The highest BCUT2D eigenvalue weighted by Crippen LogP contribution is 2.39. The number of benzene rings is 1. The maximum absolute atomic E-state index is 6.20. The van der Waals surface area contributed by atoms with Gasteiger partial charge in [-0.3, -0.25) is 0 Å². The van der Waals surface area contributed by atoms with Crippen LogP contribution >= 0.6 is 23.2 Å². The third kappa shape index (κ3) is 2.60. The summed E-state index contributed by atoms with van der Waals surface area (Å²) >= 11 is 12.2. The molecule has 2 atom stereocenters. The molecule has 1 aliphatic rings. The van der Waals surface area contributed by atoms with Crippen LogP contribution in [-0.4, -0.2) is 19.3 Å². The zero-order chi connectivity index (χ0) is 12.5. The first-order valence-corrected chi connectivity index (χ1v) is 6.58. The Hall–Kier alpha value is -0.280. The van der Waals surface area contributed by atoms with E-state index in [1.807, 2.05) is 12.1 Å². The zero-order valence-corrected chi connectivity index (χ0v) is 11.4. The third-order valence-corrected chi connectivity index (χ3v) is 4.39. The first kappa shape index (κ1) is 13.2. The van der Waals surface area contributed by atoms with Crippen LogP contribution in [0.15, 0.2) is 18.2 Å². The molecule has 2 N–H and O–H groups in total. The van der Waals surface area contributed by atoms with Crippen LogP contribution in [0.3, 0.4) is 0 Å². The lowest BCUT2D eigenvalue weighted by Gasteiger charge is -2.31. The minimum Gasteiger partial charge on any atom is -0.378 e. The molecule has 17 heavy (non-hydrogen) atoms. The highest BCUT2D eigenvalue weighted by atomic mass is 35.5. The fourth-order valence-electron chi connectivity index (χ4n) is 2.45. The van der Waals surface area contributed by atoms with Crippen molar-refractivity contribution in [2.75, 3.05) is 13.2 Å². The molecule has 1 aliphatic heterocycles. The van der Waals surface area contributed by atoms with Crippen LogP contribution in [0.2, 0.25) is 10.0 Å². The van der Waals surface area contributed by atoms with Crippen LogP contribution < -0.4 is 5.73 Å². The molecule has 0 radical (unpaired) electrons. The Morgan fingerprint density at radius 3 is 2.82 bits per heavy atom. The Balaban J connectivity index is 2.27. The van der Waals surface area contributed by atoms with Crippen molar-refractivity contribution in [2.24, 2.45) is 11.1 Å². The Labute approximate surface area is 112 Å². The fraction of sp³-hybridized carbons (Fsp3) is 0.538. The highest BCUT2D eigenvalue weighted by molar-refractivity contribution is 6.33. The topological polar surface area (TPSA) is 35.2 Å². The van der Waals surface area contributed by atoms with Gasteiger partial charge in [0, 0.05) is 28.6 Å². The van der Waals surface area contributed by atoms with Crippen LogP contribution in [0.4, 0.5) is 0 Å². The molecule has 0 saturated carbocycles. The molecule has 2 nitrogen and oxygen atoms in total. The van der Waals surface area contributed by atoms with Gasteiger partial charge in [0.25, 0.3) is 0 Å². The van der Waals surface area contributed by atoms with Gasteiger partial charge in [0.1, 0.15) is 0 Å². The molecule has 2 rings (SSSR count). The fourth-order valence-corrected chi connectivity index (χ4v) is 2.83. The minimum absolute atomic E-state index is 0.00563. The number of hydrogen-bond donors (Lipinski definition) is 1. The summed E-state index contributed by atoms with van der Waals surface area (Å²) in [7, 11) is 0. The van der Waals surface area contributed by atoms with E-state index in [0.29, 0.717) is 11.6 Å². The second-order valence-electron chi connectivity index (χ2n) is 4.74. The lowest BCUT2D eigenvalue weighted by Crippen LogP contribution is -2.38. The molecule has 4 heteroatoms. The predicted octanol–water partition coefficient (Wildman–Crippen LogP) is 3.29. The summed E-state index contributed by atoms with van der Waals surface area (Å²) in [6.07, 6.45) is 1.97. The molecular weight excluding hydrogens is 257 g/mol. The van der Waals surface area contributed by atoms with Gasteiger partial charge in [0.2, 0.25) is 0 Å². The van der Waals surface area contributed by atoms with Gasteiger partial charge in [-0.1, -0.05) is 23.2 Å². The summed E-state index contributed by atoms with van der Waals surface area (Å²) < 4.78 is 5.65. The van der Waals surface area contributed by atoms with E-state index in [9.17, 15) is 0 Å². The van der Waals surface area contributed by atoms with Crippen molar-refractivity contribution < 1.29 is 4.74 Å². The van der Waals surface area contributed by atoms with E-state index < -0.39 is 0 Å². The second-order valence-corrected chi connectivity index (χ2v) is 5.59. The summed E-state index contributed by atoms with van der Waals surface area (Å²) in [6.45, 7) is 3.46. The predicted molar refractivity (Wildman–Crippen MR) is 71.7 cm³/mol. The second kappa shape index (κ2) is 5.15. The number of ether oxygens (including phenoxy) is 1. The van der Waals surface area contributed by atoms with Crippen molar-refractivity contribution in [3.8, 4) is 0 Å². The maximum Gasteiger partial charge on any atom is 0.0619 e. The molecule has 0 bridgehead atoms. The smallest absolute Gasteiger partial charge is 0.0619 e. The van der Waals surface area contributed by atoms with Gasteiger partial charge < -0.3 is 10.5 Å². The van der Waals surface area contributed by atoms with Gasteiger partial charge in [0.15, 0.2) is 0 Å². The summed E-state index contributed by atoms with van der Waals surface area (Å²) in [5.74, 6) is 0. The minimum atomic E-state index is -0.00563. The number of nitrogens with two attached hydrogens (primary N) is 1. The van der Waals surface area contributed by atoms with E-state index in [1.165, 1.54) is 0 Å². The molecule has 1 aromatic carbocycles. The van der Waals surface area contributed by atoms with Gasteiger partial charge in [-0.2, -0.15) is 0 Å². The van der Waals surface area contributed by atoms with Crippen LogP contribution in [0.1, 0.15) is 18.9 Å². The molecular formula is C13H17Cl2NO. The zero-order valence-electron chi connectivity index (χ0n) is 9.88. The Morgan fingerprint density at radius 1 is 1.47 bits per heavy atom. The van der Waals surface area contributed by atoms with Gasteiger partial charge in [-0.25, -0.2) is 0 Å². The third-order valence-electron chi connectivity index (χ3n) is 3.79. The molecule has 94 valence electrons. The molecule has 0 aromatic heterocycles. The molecule has 1 aromatic rings. The van der Waals surface area contributed by atoms with E-state index in [-0.39, 0.29) is 11.5 Å². The van der Waals surface area contributed by atoms with Gasteiger partial charge in [0.05, 0.1) is 6.10 Å².